The molecule has 0 bridgehead atoms. The van der Waals surface area contributed by atoms with Crippen molar-refractivity contribution in [2.75, 3.05) is 18.4 Å². The minimum atomic E-state index is 0.425. The molecular formula is C16H18N6. The Morgan fingerprint density at radius 2 is 2.23 bits per heavy atom. The highest BCUT2D eigenvalue weighted by atomic mass is 15.1. The lowest BCUT2D eigenvalue weighted by atomic mass is 10.1. The van der Waals surface area contributed by atoms with Crippen molar-refractivity contribution in [1.82, 2.24) is 24.7 Å². The van der Waals surface area contributed by atoms with E-state index in [1.807, 2.05) is 35.0 Å². The second-order valence-corrected chi connectivity index (χ2v) is 5.74. The van der Waals surface area contributed by atoms with Crippen LogP contribution in [0.25, 0.3) is 17.0 Å². The molecule has 4 rings (SSSR count). The number of anilines is 1. The van der Waals surface area contributed by atoms with Crippen LogP contribution in [-0.4, -0.2) is 38.5 Å². The molecule has 2 unspecified atom stereocenters. The van der Waals surface area contributed by atoms with Gasteiger partial charge >= 0.3 is 0 Å². The van der Waals surface area contributed by atoms with Crippen molar-refractivity contribution in [1.29, 1.82) is 0 Å². The second kappa shape index (κ2) is 5.38. The van der Waals surface area contributed by atoms with Crippen LogP contribution in [0.5, 0.6) is 0 Å². The first-order valence-electron chi connectivity index (χ1n) is 7.53. The fourth-order valence-corrected chi connectivity index (χ4v) is 2.88. The highest BCUT2D eigenvalue weighted by molar-refractivity contribution is 5.61. The minimum absolute atomic E-state index is 0.425. The molecule has 4 heterocycles. The maximum atomic E-state index is 4.74. The van der Waals surface area contributed by atoms with Gasteiger partial charge in [-0.05, 0) is 24.6 Å². The van der Waals surface area contributed by atoms with Gasteiger partial charge in [-0.25, -0.2) is 9.97 Å². The Morgan fingerprint density at radius 1 is 1.27 bits per heavy atom. The molecule has 3 aromatic heterocycles. The Hall–Kier alpha value is -2.47. The van der Waals surface area contributed by atoms with Gasteiger partial charge in [0.2, 0.25) is 0 Å². The van der Waals surface area contributed by atoms with E-state index in [0.29, 0.717) is 12.0 Å². The van der Waals surface area contributed by atoms with E-state index in [4.69, 9.17) is 4.98 Å². The van der Waals surface area contributed by atoms with Crippen molar-refractivity contribution in [3.63, 3.8) is 0 Å². The lowest BCUT2D eigenvalue weighted by Gasteiger charge is -2.17. The predicted octanol–water partition coefficient (Wildman–Crippen LogP) is 1.81. The maximum absolute atomic E-state index is 4.74. The average molecular weight is 294 g/mol. The highest BCUT2D eigenvalue weighted by Gasteiger charge is 2.23. The molecule has 0 saturated carbocycles. The zero-order valence-corrected chi connectivity index (χ0v) is 12.4. The Balaban J connectivity index is 1.67. The van der Waals surface area contributed by atoms with Gasteiger partial charge in [-0.15, -0.1) is 0 Å². The quantitative estimate of drug-likeness (QED) is 0.771. The molecule has 3 aromatic rings. The van der Waals surface area contributed by atoms with Crippen LogP contribution in [-0.2, 0) is 0 Å². The van der Waals surface area contributed by atoms with Gasteiger partial charge in [-0.2, -0.15) is 0 Å². The molecule has 1 saturated heterocycles. The summed E-state index contributed by atoms with van der Waals surface area (Å²) in [6.07, 6.45) is 7.24. The topological polar surface area (TPSA) is 67.1 Å². The molecule has 0 spiro atoms. The Bertz CT molecular complexity index is 796. The molecule has 0 aromatic carbocycles. The molecule has 112 valence electrons. The fraction of sp³-hybridized carbons (Fsp3) is 0.312. The fourth-order valence-electron chi connectivity index (χ4n) is 2.88. The van der Waals surface area contributed by atoms with Gasteiger partial charge in [-0.1, -0.05) is 13.0 Å². The molecule has 22 heavy (non-hydrogen) atoms. The summed E-state index contributed by atoms with van der Waals surface area (Å²) < 4.78 is 2.00. The number of aromatic nitrogens is 4. The first-order valence-corrected chi connectivity index (χ1v) is 7.53. The summed E-state index contributed by atoms with van der Waals surface area (Å²) in [6, 6.07) is 6.47. The van der Waals surface area contributed by atoms with Gasteiger partial charge in [0.05, 0.1) is 23.8 Å². The van der Waals surface area contributed by atoms with Crippen LogP contribution < -0.4 is 10.6 Å². The third kappa shape index (κ3) is 2.31. The zero-order valence-electron chi connectivity index (χ0n) is 12.4. The summed E-state index contributed by atoms with van der Waals surface area (Å²) in [4.78, 5) is 13.2. The third-order valence-corrected chi connectivity index (χ3v) is 4.18. The van der Waals surface area contributed by atoms with E-state index >= 15 is 0 Å². The van der Waals surface area contributed by atoms with Gasteiger partial charge in [0.1, 0.15) is 5.82 Å². The van der Waals surface area contributed by atoms with Crippen LogP contribution >= 0.6 is 0 Å². The summed E-state index contributed by atoms with van der Waals surface area (Å²) in [5.74, 6) is 1.51. The predicted molar refractivity (Wildman–Crippen MR) is 85.7 cm³/mol. The number of imidazole rings is 1. The number of hydrogen-bond donors (Lipinski definition) is 2. The number of nitrogens with one attached hydrogen (secondary N) is 2. The smallest absolute Gasteiger partial charge is 0.155 e. The number of fused-ring (bicyclic) bond motifs is 1. The lowest BCUT2D eigenvalue weighted by Crippen LogP contribution is -2.27. The molecule has 6 nitrogen and oxygen atoms in total. The van der Waals surface area contributed by atoms with E-state index in [-0.39, 0.29) is 0 Å². The number of hydrogen-bond acceptors (Lipinski definition) is 5. The van der Waals surface area contributed by atoms with E-state index in [1.54, 1.807) is 12.4 Å². The van der Waals surface area contributed by atoms with Crippen LogP contribution in [0.2, 0.25) is 0 Å². The van der Waals surface area contributed by atoms with Crippen LogP contribution in [0.15, 0.2) is 43.0 Å². The Labute approximate surface area is 128 Å². The highest BCUT2D eigenvalue weighted by Crippen LogP contribution is 2.21. The Kier molecular flexibility index (Phi) is 3.23. The average Bonchev–Trinajstić information content (AvgIpc) is 3.14. The van der Waals surface area contributed by atoms with E-state index in [2.05, 4.69) is 27.5 Å². The van der Waals surface area contributed by atoms with Crippen molar-refractivity contribution < 1.29 is 0 Å². The van der Waals surface area contributed by atoms with E-state index < -0.39 is 0 Å². The molecule has 2 atom stereocenters. The van der Waals surface area contributed by atoms with Crippen LogP contribution in [0.4, 0.5) is 5.82 Å². The van der Waals surface area contributed by atoms with E-state index in [0.717, 1.165) is 35.9 Å². The van der Waals surface area contributed by atoms with Crippen molar-refractivity contribution >= 4 is 11.5 Å². The van der Waals surface area contributed by atoms with Crippen LogP contribution in [0.1, 0.15) is 6.92 Å². The summed E-state index contributed by atoms with van der Waals surface area (Å²) in [7, 11) is 0. The maximum Gasteiger partial charge on any atom is 0.155 e. The normalized spacial score (nSPS) is 21.3. The number of nitrogens with zero attached hydrogens (tertiary/aromatic N) is 4. The first-order chi connectivity index (χ1) is 10.8. The van der Waals surface area contributed by atoms with E-state index in [1.165, 1.54) is 0 Å². The molecule has 0 aliphatic carbocycles. The number of rotatable bonds is 3. The van der Waals surface area contributed by atoms with Gasteiger partial charge in [0.25, 0.3) is 0 Å². The number of pyridine rings is 1. The monoisotopic (exact) mass is 294 g/mol. The summed E-state index contributed by atoms with van der Waals surface area (Å²) in [5.41, 5.74) is 2.70. The summed E-state index contributed by atoms with van der Waals surface area (Å²) in [6.45, 7) is 4.28. The lowest BCUT2D eigenvalue weighted by molar-refractivity contribution is 0.593. The third-order valence-electron chi connectivity index (χ3n) is 4.18. The minimum Gasteiger partial charge on any atom is -0.366 e. The van der Waals surface area contributed by atoms with Crippen molar-refractivity contribution in [2.45, 2.75) is 13.0 Å². The first kappa shape index (κ1) is 13.2. The van der Waals surface area contributed by atoms with Crippen LogP contribution in [0, 0.1) is 5.92 Å². The largest absolute Gasteiger partial charge is 0.366 e. The molecule has 0 radical (unpaired) electrons. The Morgan fingerprint density at radius 3 is 3.09 bits per heavy atom. The van der Waals surface area contributed by atoms with E-state index in [9.17, 15) is 0 Å². The molecule has 0 amide bonds. The van der Waals surface area contributed by atoms with Crippen molar-refractivity contribution in [2.24, 2.45) is 5.92 Å². The van der Waals surface area contributed by atoms with Crippen molar-refractivity contribution in [3.05, 3.63) is 43.0 Å². The summed E-state index contributed by atoms with van der Waals surface area (Å²) in [5, 5.41) is 6.92. The van der Waals surface area contributed by atoms with Crippen molar-refractivity contribution in [3.8, 4) is 11.4 Å². The molecule has 6 heteroatoms. The molecule has 1 aliphatic heterocycles. The van der Waals surface area contributed by atoms with Gasteiger partial charge in [-0.3, -0.25) is 9.38 Å². The second-order valence-electron chi connectivity index (χ2n) is 5.74. The molecule has 2 N–H and O–H groups in total. The molecule has 1 fully saturated rings. The molecule has 1 aliphatic rings. The zero-order chi connectivity index (χ0) is 14.9. The SMILES string of the molecule is CC1CNCC1Nc1cccc(-c2cnc3cnccn23)n1. The van der Waals surface area contributed by atoms with Gasteiger partial charge in [0.15, 0.2) is 5.65 Å². The summed E-state index contributed by atoms with van der Waals surface area (Å²) >= 11 is 0. The standard InChI is InChI=1S/C16H18N6/c1-11-7-18-8-13(11)21-15-4-2-3-12(20-15)14-9-19-16-10-17-5-6-22(14)16/h2-6,9-11,13,18H,7-8H2,1H3,(H,20,21). The molecular weight excluding hydrogens is 276 g/mol. The van der Waals surface area contributed by atoms with Gasteiger partial charge < -0.3 is 10.6 Å². The van der Waals surface area contributed by atoms with Crippen LogP contribution in [0.3, 0.4) is 0 Å². The van der Waals surface area contributed by atoms with Gasteiger partial charge in [0, 0.05) is 25.0 Å².